The van der Waals surface area contributed by atoms with Crippen molar-refractivity contribution in [3.05, 3.63) is 64.4 Å². The summed E-state index contributed by atoms with van der Waals surface area (Å²) in [4.78, 5) is 12.2. The molecule has 0 atom stereocenters. The molecule has 0 spiro atoms. The van der Waals surface area contributed by atoms with Gasteiger partial charge in [0.05, 0.1) is 13.7 Å². The fourth-order valence-electron chi connectivity index (χ4n) is 2.98. The summed E-state index contributed by atoms with van der Waals surface area (Å²) >= 11 is 5.99. The highest BCUT2D eigenvalue weighted by Gasteiger charge is 2.37. The molecular formula is C19H21ClFN3O4S. The average molecular weight is 442 g/mol. The van der Waals surface area contributed by atoms with Gasteiger partial charge in [-0.05, 0) is 35.4 Å². The van der Waals surface area contributed by atoms with Crippen LogP contribution in [0.1, 0.15) is 11.1 Å². The quantitative estimate of drug-likeness (QED) is 0.714. The molecule has 1 aliphatic rings. The number of ether oxygens (including phenoxy) is 1. The Labute approximate surface area is 174 Å². The van der Waals surface area contributed by atoms with Crippen molar-refractivity contribution in [3.63, 3.8) is 0 Å². The van der Waals surface area contributed by atoms with Crippen molar-refractivity contribution >= 4 is 27.7 Å². The molecule has 0 saturated carbocycles. The highest BCUT2D eigenvalue weighted by Crippen LogP contribution is 2.24. The van der Waals surface area contributed by atoms with E-state index in [0.29, 0.717) is 11.3 Å². The lowest BCUT2D eigenvalue weighted by atomic mass is 10.2. The van der Waals surface area contributed by atoms with Crippen LogP contribution >= 0.6 is 11.6 Å². The minimum absolute atomic E-state index is 0.0172. The van der Waals surface area contributed by atoms with Crippen LogP contribution in [0.3, 0.4) is 0 Å². The van der Waals surface area contributed by atoms with Gasteiger partial charge in [-0.25, -0.2) is 4.39 Å². The van der Waals surface area contributed by atoms with E-state index in [1.807, 2.05) is 12.1 Å². The van der Waals surface area contributed by atoms with Gasteiger partial charge in [0.15, 0.2) is 0 Å². The van der Waals surface area contributed by atoms with Crippen LogP contribution in [0, 0.1) is 5.82 Å². The van der Waals surface area contributed by atoms with E-state index in [2.05, 4.69) is 5.32 Å². The molecule has 1 saturated heterocycles. The average Bonchev–Trinajstić information content (AvgIpc) is 2.96. The maximum Gasteiger partial charge on any atom is 0.282 e. The molecular weight excluding hydrogens is 421 g/mol. The summed E-state index contributed by atoms with van der Waals surface area (Å²) in [7, 11) is -2.25. The van der Waals surface area contributed by atoms with Crippen molar-refractivity contribution in [2.45, 2.75) is 13.1 Å². The molecule has 10 heteroatoms. The molecule has 156 valence electrons. The molecule has 0 bridgehead atoms. The number of hydrogen-bond donors (Lipinski definition) is 1. The van der Waals surface area contributed by atoms with Crippen LogP contribution in [-0.4, -0.2) is 49.7 Å². The summed E-state index contributed by atoms with van der Waals surface area (Å²) in [5.41, 5.74) is 1.34. The number of benzene rings is 2. The maximum absolute atomic E-state index is 13.2. The monoisotopic (exact) mass is 441 g/mol. The van der Waals surface area contributed by atoms with Gasteiger partial charge in [0.2, 0.25) is 5.91 Å². The normalized spacial score (nSPS) is 16.7. The van der Waals surface area contributed by atoms with Gasteiger partial charge < -0.3 is 10.1 Å². The summed E-state index contributed by atoms with van der Waals surface area (Å²) in [6.07, 6.45) is 0. The van der Waals surface area contributed by atoms with Gasteiger partial charge in [0.25, 0.3) is 10.2 Å². The molecule has 1 aliphatic heterocycles. The first kappa shape index (κ1) is 21.5. The zero-order valence-electron chi connectivity index (χ0n) is 15.8. The molecule has 0 unspecified atom stereocenters. The minimum atomic E-state index is -3.81. The van der Waals surface area contributed by atoms with Gasteiger partial charge in [0.1, 0.15) is 11.6 Å². The molecule has 2 aromatic rings. The number of carbonyl (C=O) groups is 1. The van der Waals surface area contributed by atoms with E-state index < -0.39 is 21.9 Å². The lowest BCUT2D eigenvalue weighted by Crippen LogP contribution is -2.40. The molecule has 0 aromatic heterocycles. The molecule has 1 fully saturated rings. The van der Waals surface area contributed by atoms with Crippen molar-refractivity contribution in [2.24, 2.45) is 0 Å². The second-order valence-corrected chi connectivity index (χ2v) is 8.87. The number of halogens is 2. The number of hydrogen-bond acceptors (Lipinski definition) is 4. The molecule has 1 amide bonds. The van der Waals surface area contributed by atoms with Gasteiger partial charge in [-0.3, -0.25) is 4.79 Å². The van der Waals surface area contributed by atoms with E-state index in [0.717, 1.165) is 15.9 Å². The Bertz CT molecular complexity index is 1000. The Balaban J connectivity index is 1.58. The first-order valence-electron chi connectivity index (χ1n) is 8.88. The third kappa shape index (κ3) is 5.24. The van der Waals surface area contributed by atoms with Crippen molar-refractivity contribution in [1.82, 2.24) is 13.9 Å². The molecule has 29 heavy (non-hydrogen) atoms. The van der Waals surface area contributed by atoms with E-state index in [1.54, 1.807) is 19.2 Å². The summed E-state index contributed by atoms with van der Waals surface area (Å²) in [5, 5.41) is 2.87. The number of methoxy groups -OCH3 is 1. The molecule has 1 N–H and O–H groups in total. The summed E-state index contributed by atoms with van der Waals surface area (Å²) in [6, 6.07) is 11.1. The fraction of sp³-hybridized carbons (Fsp3) is 0.316. The Morgan fingerprint density at radius 2 is 1.97 bits per heavy atom. The summed E-state index contributed by atoms with van der Waals surface area (Å²) in [5.74, 6) is -0.218. The molecule has 1 heterocycles. The third-order valence-corrected chi connectivity index (χ3v) is 6.84. The number of carbonyl (C=O) groups excluding carboxylic acids is 1. The van der Waals surface area contributed by atoms with Crippen LogP contribution in [0.4, 0.5) is 4.39 Å². The number of nitrogens with zero attached hydrogens (tertiary/aromatic N) is 2. The topological polar surface area (TPSA) is 79.0 Å². The fourth-order valence-corrected chi connectivity index (χ4v) is 4.74. The van der Waals surface area contributed by atoms with E-state index in [1.165, 1.54) is 16.4 Å². The zero-order chi connectivity index (χ0) is 21.0. The molecule has 0 radical (unpaired) electrons. The van der Waals surface area contributed by atoms with Crippen LogP contribution < -0.4 is 10.1 Å². The predicted octanol–water partition coefficient (Wildman–Crippen LogP) is 2.17. The van der Waals surface area contributed by atoms with Crippen molar-refractivity contribution < 1.29 is 22.3 Å². The Morgan fingerprint density at radius 1 is 1.21 bits per heavy atom. The first-order valence-corrected chi connectivity index (χ1v) is 10.7. The van der Waals surface area contributed by atoms with Gasteiger partial charge >= 0.3 is 0 Å². The van der Waals surface area contributed by atoms with Crippen LogP contribution in [-0.2, 0) is 28.1 Å². The zero-order valence-corrected chi connectivity index (χ0v) is 17.3. The van der Waals surface area contributed by atoms with Crippen LogP contribution in [0.5, 0.6) is 5.75 Å². The molecule has 2 aromatic carbocycles. The van der Waals surface area contributed by atoms with Crippen LogP contribution in [0.15, 0.2) is 42.5 Å². The van der Waals surface area contributed by atoms with Crippen molar-refractivity contribution in [1.29, 1.82) is 0 Å². The van der Waals surface area contributed by atoms with Crippen molar-refractivity contribution in [3.8, 4) is 5.75 Å². The van der Waals surface area contributed by atoms with Crippen LogP contribution in [0.2, 0.25) is 5.02 Å². The Hall–Kier alpha value is -2.20. The van der Waals surface area contributed by atoms with Gasteiger partial charge in [-0.2, -0.15) is 17.0 Å². The number of rotatable bonds is 7. The van der Waals surface area contributed by atoms with E-state index >= 15 is 0 Å². The van der Waals surface area contributed by atoms with Crippen LogP contribution in [0.25, 0.3) is 0 Å². The lowest BCUT2D eigenvalue weighted by Gasteiger charge is -2.19. The Morgan fingerprint density at radius 3 is 2.69 bits per heavy atom. The van der Waals surface area contributed by atoms with Gasteiger partial charge in [-0.1, -0.05) is 29.8 Å². The predicted molar refractivity (Wildman–Crippen MR) is 107 cm³/mol. The third-order valence-electron chi connectivity index (χ3n) is 4.56. The maximum atomic E-state index is 13.2. The molecule has 7 nitrogen and oxygen atoms in total. The second-order valence-electron chi connectivity index (χ2n) is 6.54. The molecule has 0 aliphatic carbocycles. The SMILES string of the molecule is COc1cccc(CNC(=O)CN2CCN(Cc3ccc(F)cc3Cl)S2(=O)=O)c1. The summed E-state index contributed by atoms with van der Waals surface area (Å²) in [6.45, 7) is 0.412. The smallest absolute Gasteiger partial charge is 0.282 e. The van der Waals surface area contributed by atoms with Gasteiger partial charge in [0, 0.05) is 31.2 Å². The number of nitrogens with one attached hydrogen (secondary N) is 1. The summed E-state index contributed by atoms with van der Waals surface area (Å²) < 4.78 is 46.1. The highest BCUT2D eigenvalue weighted by molar-refractivity contribution is 7.87. The second kappa shape index (κ2) is 9.08. The van der Waals surface area contributed by atoms with E-state index in [4.69, 9.17) is 16.3 Å². The molecule has 3 rings (SSSR count). The van der Waals surface area contributed by atoms with Crippen molar-refractivity contribution in [2.75, 3.05) is 26.7 Å². The first-order chi connectivity index (χ1) is 13.8. The largest absolute Gasteiger partial charge is 0.497 e. The number of amides is 1. The Kier molecular flexibility index (Phi) is 6.74. The minimum Gasteiger partial charge on any atom is -0.497 e. The lowest BCUT2D eigenvalue weighted by molar-refractivity contribution is -0.121. The standard InChI is InChI=1S/C19H21ClFN3O4S/c1-28-17-4-2-3-14(9-17)11-22-19(25)13-24-8-7-23(29(24,26)27)12-15-5-6-16(21)10-18(15)20/h2-6,9-10H,7-8,11-13H2,1H3,(H,22,25). The van der Waals surface area contributed by atoms with E-state index in [9.17, 15) is 17.6 Å². The van der Waals surface area contributed by atoms with Gasteiger partial charge in [-0.15, -0.1) is 0 Å². The van der Waals surface area contributed by atoms with E-state index in [-0.39, 0.29) is 37.7 Å². The highest BCUT2D eigenvalue weighted by atomic mass is 35.5.